The van der Waals surface area contributed by atoms with Crippen molar-refractivity contribution in [1.82, 2.24) is 14.9 Å². The molecular formula is C28H27ClF3N7O. The van der Waals surface area contributed by atoms with Crippen LogP contribution in [0.25, 0.3) is 11.3 Å². The largest absolute Gasteiger partial charge is 0.463 e. The van der Waals surface area contributed by atoms with Gasteiger partial charge in [0.25, 0.3) is 0 Å². The van der Waals surface area contributed by atoms with Crippen molar-refractivity contribution in [3.63, 3.8) is 0 Å². The van der Waals surface area contributed by atoms with Gasteiger partial charge in [0.2, 0.25) is 0 Å². The third kappa shape index (κ3) is 4.78. The van der Waals surface area contributed by atoms with Crippen molar-refractivity contribution in [1.29, 1.82) is 0 Å². The van der Waals surface area contributed by atoms with E-state index < -0.39 is 11.7 Å². The number of benzene rings is 1. The molecule has 40 heavy (non-hydrogen) atoms. The van der Waals surface area contributed by atoms with Gasteiger partial charge in [0.15, 0.2) is 0 Å². The van der Waals surface area contributed by atoms with E-state index in [0.717, 1.165) is 23.7 Å². The van der Waals surface area contributed by atoms with Crippen LogP contribution in [-0.4, -0.2) is 33.9 Å². The van der Waals surface area contributed by atoms with Crippen molar-refractivity contribution in [2.24, 2.45) is 10.9 Å². The molecule has 4 heterocycles. The predicted octanol–water partition coefficient (Wildman–Crippen LogP) is 6.58. The van der Waals surface area contributed by atoms with E-state index in [0.29, 0.717) is 22.8 Å². The first-order valence-corrected chi connectivity index (χ1v) is 13.3. The highest BCUT2D eigenvalue weighted by Gasteiger charge is 2.39. The van der Waals surface area contributed by atoms with Crippen molar-refractivity contribution >= 4 is 34.6 Å². The summed E-state index contributed by atoms with van der Waals surface area (Å²) in [6.07, 6.45) is 4.67. The maximum atomic E-state index is 14.1. The average Bonchev–Trinajstić information content (AvgIpc) is 3.75. The molecular weight excluding hydrogens is 543 g/mol. The van der Waals surface area contributed by atoms with Crippen LogP contribution in [0.2, 0.25) is 5.02 Å². The Morgan fingerprint density at radius 1 is 1.25 bits per heavy atom. The summed E-state index contributed by atoms with van der Waals surface area (Å²) in [6, 6.07) is 4.52. The first-order chi connectivity index (χ1) is 19.1. The van der Waals surface area contributed by atoms with Crippen LogP contribution in [0.4, 0.5) is 30.4 Å². The summed E-state index contributed by atoms with van der Waals surface area (Å²) in [5, 5.41) is 6.64. The number of alkyl halides is 3. The third-order valence-electron chi connectivity index (χ3n) is 7.32. The maximum absolute atomic E-state index is 14.1. The van der Waals surface area contributed by atoms with E-state index in [1.165, 1.54) is 38.2 Å². The molecule has 0 amide bonds. The van der Waals surface area contributed by atoms with E-state index in [1.807, 2.05) is 11.8 Å². The SMILES string of the molecule is Cc1cc(N)nc(-c2cc3c4c(c2Cl)NCN=C4N(C(C)c2cncc(NCC4CC4)c2)C=CO3)c1C(F)(F)F. The summed E-state index contributed by atoms with van der Waals surface area (Å²) in [4.78, 5) is 15.1. The van der Waals surface area contributed by atoms with E-state index in [4.69, 9.17) is 27.1 Å². The van der Waals surface area contributed by atoms with Gasteiger partial charge in [0.05, 0.1) is 39.3 Å². The first-order valence-electron chi connectivity index (χ1n) is 12.9. The van der Waals surface area contributed by atoms with Gasteiger partial charge in [0, 0.05) is 30.7 Å². The molecule has 1 aromatic carbocycles. The molecule has 0 radical (unpaired) electrons. The molecule has 8 nitrogen and oxygen atoms in total. The molecule has 3 aliphatic rings. The molecule has 1 fully saturated rings. The number of pyridine rings is 2. The molecule has 1 atom stereocenters. The van der Waals surface area contributed by atoms with Gasteiger partial charge in [-0.2, -0.15) is 13.2 Å². The monoisotopic (exact) mass is 569 g/mol. The Hall–Kier alpha value is -3.99. The number of nitrogens with zero attached hydrogens (tertiary/aromatic N) is 4. The third-order valence-corrected chi connectivity index (χ3v) is 7.72. The van der Waals surface area contributed by atoms with Gasteiger partial charge in [-0.3, -0.25) is 4.98 Å². The van der Waals surface area contributed by atoms with Crippen molar-refractivity contribution < 1.29 is 17.9 Å². The van der Waals surface area contributed by atoms with Crippen LogP contribution in [0.3, 0.4) is 0 Å². The summed E-state index contributed by atoms with van der Waals surface area (Å²) in [5.74, 6) is 1.54. The normalized spacial score (nSPS) is 16.9. The van der Waals surface area contributed by atoms with Gasteiger partial charge in [-0.25, -0.2) is 9.98 Å². The lowest BCUT2D eigenvalue weighted by Crippen LogP contribution is -2.32. The summed E-state index contributed by atoms with van der Waals surface area (Å²) >= 11 is 6.81. The van der Waals surface area contributed by atoms with Gasteiger partial charge in [-0.05, 0) is 61.9 Å². The molecule has 4 N–H and O–H groups in total. The number of aromatic nitrogens is 2. The highest BCUT2D eigenvalue weighted by Crippen LogP contribution is 2.48. The minimum absolute atomic E-state index is 0.0429. The lowest BCUT2D eigenvalue weighted by Gasteiger charge is -2.32. The van der Waals surface area contributed by atoms with Crippen molar-refractivity contribution in [2.45, 2.75) is 38.9 Å². The van der Waals surface area contributed by atoms with E-state index in [2.05, 4.69) is 26.7 Å². The second-order valence-electron chi connectivity index (χ2n) is 10.2. The van der Waals surface area contributed by atoms with Gasteiger partial charge < -0.3 is 26.0 Å². The topological polar surface area (TPSA) is 101 Å². The predicted molar refractivity (Wildman–Crippen MR) is 149 cm³/mol. The molecule has 3 aromatic rings. The van der Waals surface area contributed by atoms with Crippen LogP contribution >= 0.6 is 11.6 Å². The molecule has 12 heteroatoms. The number of nitrogens with one attached hydrogen (secondary N) is 2. The van der Waals surface area contributed by atoms with Gasteiger partial charge in [-0.15, -0.1) is 0 Å². The number of aliphatic imine (C=N–C) groups is 1. The van der Waals surface area contributed by atoms with Gasteiger partial charge in [0.1, 0.15) is 30.3 Å². The number of rotatable bonds is 6. The first kappa shape index (κ1) is 26.2. The minimum Gasteiger partial charge on any atom is -0.463 e. The van der Waals surface area contributed by atoms with Crippen molar-refractivity contribution in [3.05, 3.63) is 70.3 Å². The molecule has 2 aromatic heterocycles. The fraction of sp³-hybridized carbons (Fsp3) is 0.321. The fourth-order valence-corrected chi connectivity index (χ4v) is 5.41. The fourth-order valence-electron chi connectivity index (χ4n) is 5.10. The highest BCUT2D eigenvalue weighted by atomic mass is 35.5. The molecule has 0 bridgehead atoms. The summed E-state index contributed by atoms with van der Waals surface area (Å²) in [5.41, 5.74) is 7.46. The molecule has 1 saturated carbocycles. The average molecular weight is 570 g/mol. The van der Waals surface area contributed by atoms with Crippen LogP contribution in [-0.2, 0) is 6.18 Å². The molecule has 1 unspecified atom stereocenters. The van der Waals surface area contributed by atoms with Gasteiger partial charge in [-0.1, -0.05) is 11.6 Å². The molecule has 2 aliphatic heterocycles. The molecule has 0 spiro atoms. The smallest absolute Gasteiger partial charge is 0.418 e. The number of anilines is 3. The quantitative estimate of drug-likeness (QED) is 0.308. The lowest BCUT2D eigenvalue weighted by molar-refractivity contribution is -0.137. The number of aryl methyl sites for hydroxylation is 1. The Morgan fingerprint density at radius 2 is 2.05 bits per heavy atom. The Bertz CT molecular complexity index is 1550. The second-order valence-corrected chi connectivity index (χ2v) is 10.6. The van der Waals surface area contributed by atoms with Crippen LogP contribution < -0.4 is 21.1 Å². The second kappa shape index (κ2) is 9.88. The zero-order valence-electron chi connectivity index (χ0n) is 21.8. The number of hydrogen-bond acceptors (Lipinski definition) is 8. The van der Waals surface area contributed by atoms with Gasteiger partial charge >= 0.3 is 6.18 Å². The molecule has 208 valence electrons. The number of ether oxygens (including phenoxy) is 1. The van der Waals surface area contributed by atoms with E-state index >= 15 is 0 Å². The van der Waals surface area contributed by atoms with Crippen LogP contribution in [0.15, 0.2) is 48.0 Å². The van der Waals surface area contributed by atoms with E-state index in [1.54, 1.807) is 18.6 Å². The standard InChI is InChI=1S/C28H27ClF3N7O/c1-14-7-21(33)38-25(23(14)28(30,31)32)19-9-20-22-26(24(19)29)36-13-37-27(22)39(5-6-40-20)15(2)17-8-18(12-34-11-17)35-10-16-3-4-16/h5-9,11-12,15-16,35-36H,3-4,10,13H2,1-2H3,(H2,33,38). The number of halogens is 4. The Labute approximate surface area is 234 Å². The summed E-state index contributed by atoms with van der Waals surface area (Å²) < 4.78 is 48.3. The van der Waals surface area contributed by atoms with E-state index in [-0.39, 0.29) is 40.4 Å². The van der Waals surface area contributed by atoms with Crippen LogP contribution in [0, 0.1) is 12.8 Å². The number of amidine groups is 1. The number of nitrogens with two attached hydrogens (primary N) is 1. The van der Waals surface area contributed by atoms with Crippen LogP contribution in [0.5, 0.6) is 5.75 Å². The zero-order valence-corrected chi connectivity index (χ0v) is 22.6. The molecule has 1 aliphatic carbocycles. The summed E-state index contributed by atoms with van der Waals surface area (Å²) in [6.45, 7) is 4.45. The minimum atomic E-state index is -4.67. The molecule has 0 saturated heterocycles. The molecule has 6 rings (SSSR count). The summed E-state index contributed by atoms with van der Waals surface area (Å²) in [7, 11) is 0. The Kier molecular flexibility index (Phi) is 6.48. The Balaban J connectivity index is 1.41. The van der Waals surface area contributed by atoms with Crippen molar-refractivity contribution in [3.8, 4) is 17.0 Å². The van der Waals surface area contributed by atoms with Crippen molar-refractivity contribution in [2.75, 3.05) is 29.6 Å². The maximum Gasteiger partial charge on any atom is 0.418 e. The highest BCUT2D eigenvalue weighted by molar-refractivity contribution is 6.37. The van der Waals surface area contributed by atoms with Crippen LogP contribution in [0.1, 0.15) is 48.1 Å². The number of nitrogen functional groups attached to an aromatic ring is 1. The number of hydrogen-bond donors (Lipinski definition) is 3. The zero-order chi connectivity index (χ0) is 28.2. The van der Waals surface area contributed by atoms with E-state index in [9.17, 15) is 13.2 Å². The Morgan fingerprint density at radius 3 is 2.80 bits per heavy atom. The lowest BCUT2D eigenvalue weighted by atomic mass is 9.96.